The van der Waals surface area contributed by atoms with E-state index in [0.29, 0.717) is 12.8 Å². The molecule has 1 fully saturated rings. The highest BCUT2D eigenvalue weighted by atomic mass is 16.2. The van der Waals surface area contributed by atoms with Crippen LogP contribution >= 0.6 is 0 Å². The maximum Gasteiger partial charge on any atom is 0.227 e. The zero-order valence-corrected chi connectivity index (χ0v) is 16.5. The van der Waals surface area contributed by atoms with Crippen molar-refractivity contribution in [2.45, 2.75) is 58.4 Å². The molecule has 0 aromatic heterocycles. The Balaban J connectivity index is 1.96. The molecule has 1 aromatic rings. The Kier molecular flexibility index (Phi) is 7.64. The van der Waals surface area contributed by atoms with E-state index in [1.54, 1.807) is 0 Å². The summed E-state index contributed by atoms with van der Waals surface area (Å²) in [6.07, 6.45) is 3.86. The zero-order chi connectivity index (χ0) is 19.0. The van der Waals surface area contributed by atoms with Crippen molar-refractivity contribution in [1.82, 2.24) is 10.2 Å². The van der Waals surface area contributed by atoms with E-state index in [4.69, 9.17) is 0 Å². The fourth-order valence-electron chi connectivity index (χ4n) is 3.59. The van der Waals surface area contributed by atoms with Crippen molar-refractivity contribution in [3.8, 4) is 0 Å². The summed E-state index contributed by atoms with van der Waals surface area (Å²) in [6.45, 7) is 9.54. The highest BCUT2D eigenvalue weighted by Gasteiger charge is 2.38. The van der Waals surface area contributed by atoms with Crippen LogP contribution < -0.4 is 10.2 Å². The molecule has 0 atom stereocenters. The van der Waals surface area contributed by atoms with Crippen LogP contribution in [0.2, 0.25) is 0 Å². The second kappa shape index (κ2) is 9.72. The number of rotatable bonds is 8. The van der Waals surface area contributed by atoms with E-state index in [0.717, 1.165) is 51.1 Å². The van der Waals surface area contributed by atoms with Crippen LogP contribution in [0.4, 0.5) is 5.69 Å². The Labute approximate surface area is 157 Å². The van der Waals surface area contributed by atoms with Gasteiger partial charge in [0.1, 0.15) is 0 Å². The molecule has 1 heterocycles. The first kappa shape index (κ1) is 20.4. The summed E-state index contributed by atoms with van der Waals surface area (Å²) in [7, 11) is 0. The third-order valence-corrected chi connectivity index (χ3v) is 5.27. The normalized spacial score (nSPS) is 16.9. The number of amides is 2. The summed E-state index contributed by atoms with van der Waals surface area (Å²) in [5.41, 5.74) is 0.810. The fraction of sp³-hybridized carbons (Fsp3) is 0.619. The van der Waals surface area contributed by atoms with Crippen LogP contribution in [-0.2, 0) is 9.59 Å². The predicted octanol–water partition coefficient (Wildman–Crippen LogP) is 3.20. The Hall–Kier alpha value is -1.88. The molecule has 1 N–H and O–H groups in total. The van der Waals surface area contributed by atoms with E-state index in [2.05, 4.69) is 24.1 Å². The van der Waals surface area contributed by atoms with Gasteiger partial charge >= 0.3 is 0 Å². The largest absolute Gasteiger partial charge is 0.356 e. The maximum atomic E-state index is 12.7. The number of nitrogens with one attached hydrogen (secondary N) is 1. The molecule has 1 aliphatic heterocycles. The van der Waals surface area contributed by atoms with E-state index in [1.807, 2.05) is 42.2 Å². The smallest absolute Gasteiger partial charge is 0.227 e. The number of hydrogen-bond acceptors (Lipinski definition) is 3. The van der Waals surface area contributed by atoms with Crippen LogP contribution in [0, 0.1) is 0 Å². The van der Waals surface area contributed by atoms with Gasteiger partial charge in [0.2, 0.25) is 11.8 Å². The second-order valence-corrected chi connectivity index (χ2v) is 7.36. The van der Waals surface area contributed by atoms with E-state index in [-0.39, 0.29) is 17.4 Å². The van der Waals surface area contributed by atoms with Gasteiger partial charge in [0.05, 0.1) is 0 Å². The van der Waals surface area contributed by atoms with Crippen molar-refractivity contribution >= 4 is 17.5 Å². The molecule has 26 heavy (non-hydrogen) atoms. The molecule has 2 rings (SSSR count). The Bertz CT molecular complexity index is 580. The monoisotopic (exact) mass is 359 g/mol. The van der Waals surface area contributed by atoms with Crippen molar-refractivity contribution in [2.24, 2.45) is 0 Å². The standard InChI is InChI=1S/C21H33N3O2/c1-4-14-22-19(25)11-15-23-16-12-21(3,13-17-23)24(20(26)5-2)18-9-7-6-8-10-18/h6-10H,4-5,11-17H2,1-3H3,(H,22,25). The molecule has 2 amide bonds. The van der Waals surface area contributed by atoms with Gasteiger partial charge in [0.15, 0.2) is 0 Å². The van der Waals surface area contributed by atoms with E-state index in [9.17, 15) is 9.59 Å². The predicted molar refractivity (Wildman–Crippen MR) is 106 cm³/mol. The summed E-state index contributed by atoms with van der Waals surface area (Å²) < 4.78 is 0. The number of benzene rings is 1. The lowest BCUT2D eigenvalue weighted by Gasteiger charge is -2.46. The minimum atomic E-state index is -0.171. The molecule has 1 aliphatic rings. The minimum absolute atomic E-state index is 0.132. The number of likely N-dealkylation sites (tertiary alicyclic amines) is 1. The molecule has 5 heteroatoms. The van der Waals surface area contributed by atoms with E-state index >= 15 is 0 Å². The maximum absolute atomic E-state index is 12.7. The fourth-order valence-corrected chi connectivity index (χ4v) is 3.59. The number of para-hydroxylation sites is 1. The van der Waals surface area contributed by atoms with Crippen LogP contribution in [0.3, 0.4) is 0 Å². The number of nitrogens with zero attached hydrogens (tertiary/aromatic N) is 2. The number of carbonyl (C=O) groups is 2. The van der Waals surface area contributed by atoms with Gasteiger partial charge < -0.3 is 15.1 Å². The van der Waals surface area contributed by atoms with Gasteiger partial charge in [-0.05, 0) is 38.3 Å². The third kappa shape index (κ3) is 5.31. The lowest BCUT2D eigenvalue weighted by Crippen LogP contribution is -2.56. The third-order valence-electron chi connectivity index (χ3n) is 5.27. The number of carbonyl (C=O) groups excluding carboxylic acids is 2. The van der Waals surface area contributed by atoms with Gasteiger partial charge in [-0.25, -0.2) is 0 Å². The summed E-state index contributed by atoms with van der Waals surface area (Å²) >= 11 is 0. The molecule has 0 spiro atoms. The van der Waals surface area contributed by atoms with Gasteiger partial charge in [-0.3, -0.25) is 9.59 Å². The molecule has 1 saturated heterocycles. The van der Waals surface area contributed by atoms with Gasteiger partial charge in [0, 0.05) is 50.2 Å². The first-order chi connectivity index (χ1) is 12.5. The molecular formula is C21H33N3O2. The van der Waals surface area contributed by atoms with Crippen molar-refractivity contribution in [1.29, 1.82) is 0 Å². The van der Waals surface area contributed by atoms with Crippen molar-refractivity contribution in [2.75, 3.05) is 31.1 Å². The summed E-state index contributed by atoms with van der Waals surface area (Å²) in [5, 5.41) is 2.93. The number of anilines is 1. The first-order valence-corrected chi connectivity index (χ1v) is 9.87. The lowest BCUT2D eigenvalue weighted by atomic mass is 9.86. The van der Waals surface area contributed by atoms with Crippen LogP contribution in [0.15, 0.2) is 30.3 Å². The Morgan fingerprint density at radius 2 is 1.81 bits per heavy atom. The summed E-state index contributed by atoms with van der Waals surface area (Å²) in [5.74, 6) is 0.304. The van der Waals surface area contributed by atoms with Crippen LogP contribution in [0.5, 0.6) is 0 Å². The SMILES string of the molecule is CCCNC(=O)CCN1CCC(C)(N(C(=O)CC)c2ccccc2)CC1. The molecule has 1 aromatic carbocycles. The Morgan fingerprint density at radius 1 is 1.15 bits per heavy atom. The van der Waals surface area contributed by atoms with E-state index < -0.39 is 0 Å². The topological polar surface area (TPSA) is 52.7 Å². The molecule has 5 nitrogen and oxygen atoms in total. The van der Waals surface area contributed by atoms with Gasteiger partial charge in [-0.1, -0.05) is 32.0 Å². The molecule has 0 saturated carbocycles. The lowest BCUT2D eigenvalue weighted by molar-refractivity contribution is -0.121. The number of piperidine rings is 1. The van der Waals surface area contributed by atoms with Crippen molar-refractivity contribution in [3.63, 3.8) is 0 Å². The molecule has 144 valence electrons. The highest BCUT2D eigenvalue weighted by Crippen LogP contribution is 2.33. The minimum Gasteiger partial charge on any atom is -0.356 e. The first-order valence-electron chi connectivity index (χ1n) is 9.87. The second-order valence-electron chi connectivity index (χ2n) is 7.36. The van der Waals surface area contributed by atoms with E-state index in [1.165, 1.54) is 0 Å². The zero-order valence-electron chi connectivity index (χ0n) is 16.5. The average molecular weight is 360 g/mol. The van der Waals surface area contributed by atoms with Crippen molar-refractivity contribution in [3.05, 3.63) is 30.3 Å². The quantitative estimate of drug-likeness (QED) is 0.775. The summed E-state index contributed by atoms with van der Waals surface area (Å²) in [6, 6.07) is 9.98. The molecule has 0 bridgehead atoms. The van der Waals surface area contributed by atoms with Crippen LogP contribution in [-0.4, -0.2) is 48.4 Å². The Morgan fingerprint density at radius 3 is 2.38 bits per heavy atom. The van der Waals surface area contributed by atoms with Crippen molar-refractivity contribution < 1.29 is 9.59 Å². The number of hydrogen-bond donors (Lipinski definition) is 1. The average Bonchev–Trinajstić information content (AvgIpc) is 2.66. The highest BCUT2D eigenvalue weighted by molar-refractivity contribution is 5.94. The van der Waals surface area contributed by atoms with Crippen LogP contribution in [0.1, 0.15) is 52.9 Å². The molecule has 0 unspecified atom stereocenters. The van der Waals surface area contributed by atoms with Gasteiger partial charge in [-0.15, -0.1) is 0 Å². The molecule has 0 radical (unpaired) electrons. The van der Waals surface area contributed by atoms with Gasteiger partial charge in [-0.2, -0.15) is 0 Å². The molecule has 0 aliphatic carbocycles. The van der Waals surface area contributed by atoms with Crippen LogP contribution in [0.25, 0.3) is 0 Å². The molecular weight excluding hydrogens is 326 g/mol. The van der Waals surface area contributed by atoms with Gasteiger partial charge in [0.25, 0.3) is 0 Å². The summed E-state index contributed by atoms with van der Waals surface area (Å²) in [4.78, 5) is 28.8.